The van der Waals surface area contributed by atoms with Gasteiger partial charge in [-0.2, -0.15) is 0 Å². The van der Waals surface area contributed by atoms with Crippen LogP contribution in [0.15, 0.2) is 24.3 Å². The molecule has 7 heteroatoms. The number of rotatable bonds is 5. The highest BCUT2D eigenvalue weighted by molar-refractivity contribution is 7.91. The van der Waals surface area contributed by atoms with Gasteiger partial charge in [-0.05, 0) is 44.5 Å². The van der Waals surface area contributed by atoms with Crippen molar-refractivity contribution in [1.82, 2.24) is 5.32 Å². The lowest BCUT2D eigenvalue weighted by Crippen LogP contribution is -2.51. The Morgan fingerprint density at radius 3 is 2.36 bits per heavy atom. The van der Waals surface area contributed by atoms with Gasteiger partial charge in [0.2, 0.25) is 0 Å². The Morgan fingerprint density at radius 1 is 1.27 bits per heavy atom. The number of nitrogens with one attached hydrogen (secondary N) is 1. The Kier molecular flexibility index (Phi) is 4.65. The van der Waals surface area contributed by atoms with Gasteiger partial charge < -0.3 is 14.8 Å². The molecule has 1 amide bonds. The van der Waals surface area contributed by atoms with Crippen molar-refractivity contribution in [2.75, 3.05) is 18.6 Å². The zero-order valence-electron chi connectivity index (χ0n) is 13.0. The van der Waals surface area contributed by atoms with Crippen molar-refractivity contribution in [2.24, 2.45) is 0 Å². The van der Waals surface area contributed by atoms with Gasteiger partial charge in [0.1, 0.15) is 11.5 Å². The first kappa shape index (κ1) is 16.6. The fourth-order valence-electron chi connectivity index (χ4n) is 2.42. The van der Waals surface area contributed by atoms with Gasteiger partial charge in [0, 0.05) is 0 Å². The summed E-state index contributed by atoms with van der Waals surface area (Å²) in [5.41, 5.74) is -0.715. The molecule has 0 aromatic heterocycles. The summed E-state index contributed by atoms with van der Waals surface area (Å²) in [5, 5.41) is 2.79. The molecule has 1 saturated heterocycles. The molecular formula is C15H21NO5S. The van der Waals surface area contributed by atoms with E-state index in [4.69, 9.17) is 9.47 Å². The van der Waals surface area contributed by atoms with Crippen LogP contribution in [0.1, 0.15) is 20.3 Å². The minimum Gasteiger partial charge on any atom is -0.497 e. The average molecular weight is 327 g/mol. The lowest BCUT2D eigenvalue weighted by atomic mass is 10.0. The topological polar surface area (TPSA) is 81.7 Å². The van der Waals surface area contributed by atoms with Crippen LogP contribution in [0.25, 0.3) is 0 Å². The summed E-state index contributed by atoms with van der Waals surface area (Å²) in [7, 11) is -1.49. The monoisotopic (exact) mass is 327 g/mol. The number of carbonyl (C=O) groups is 1. The second-order valence-corrected chi connectivity index (χ2v) is 8.01. The van der Waals surface area contributed by atoms with Crippen LogP contribution in [0.3, 0.4) is 0 Å². The molecule has 22 heavy (non-hydrogen) atoms. The number of sulfone groups is 1. The van der Waals surface area contributed by atoms with E-state index in [2.05, 4.69) is 5.32 Å². The van der Waals surface area contributed by atoms with Gasteiger partial charge in [0.05, 0.1) is 24.2 Å². The van der Waals surface area contributed by atoms with E-state index in [9.17, 15) is 13.2 Å². The molecule has 0 spiro atoms. The van der Waals surface area contributed by atoms with Crippen molar-refractivity contribution in [3.8, 4) is 11.5 Å². The van der Waals surface area contributed by atoms with Gasteiger partial charge in [-0.1, -0.05) is 0 Å². The zero-order valence-corrected chi connectivity index (χ0v) is 13.8. The average Bonchev–Trinajstić information content (AvgIpc) is 2.73. The van der Waals surface area contributed by atoms with Crippen LogP contribution in [-0.4, -0.2) is 44.6 Å². The van der Waals surface area contributed by atoms with Crippen molar-refractivity contribution in [2.45, 2.75) is 31.9 Å². The molecule has 1 aromatic carbocycles. The van der Waals surface area contributed by atoms with E-state index in [1.54, 1.807) is 45.2 Å². The smallest absolute Gasteiger partial charge is 0.261 e. The van der Waals surface area contributed by atoms with Crippen LogP contribution in [-0.2, 0) is 14.6 Å². The third-order valence-corrected chi connectivity index (χ3v) is 5.57. The number of hydrogen-bond acceptors (Lipinski definition) is 5. The molecule has 1 N–H and O–H groups in total. The van der Waals surface area contributed by atoms with Crippen LogP contribution >= 0.6 is 0 Å². The van der Waals surface area contributed by atoms with Crippen molar-refractivity contribution in [1.29, 1.82) is 0 Å². The van der Waals surface area contributed by atoms with E-state index >= 15 is 0 Å². The second kappa shape index (κ2) is 6.16. The molecule has 122 valence electrons. The summed E-state index contributed by atoms with van der Waals surface area (Å²) in [5.74, 6) is 1.01. The first-order valence-corrected chi connectivity index (χ1v) is 8.88. The van der Waals surface area contributed by atoms with E-state index < -0.39 is 21.5 Å². The van der Waals surface area contributed by atoms with Crippen LogP contribution in [0.5, 0.6) is 11.5 Å². The summed E-state index contributed by atoms with van der Waals surface area (Å²) in [6, 6.07) is 6.91. The van der Waals surface area contributed by atoms with E-state index in [1.165, 1.54) is 0 Å². The second-order valence-electron chi connectivity index (χ2n) is 5.83. The fourth-order valence-corrected chi connectivity index (χ4v) is 4.51. The predicted molar refractivity (Wildman–Crippen MR) is 82.9 cm³/mol. The first-order chi connectivity index (χ1) is 10.2. The zero-order chi connectivity index (χ0) is 16.4. The summed E-state index contributed by atoms with van der Waals surface area (Å²) in [6.07, 6.45) is -0.287. The Balaban J connectivity index is 1.94. The lowest BCUT2D eigenvalue weighted by molar-refractivity contribution is -0.128. The minimum absolute atomic E-state index is 0.0268. The standard InChI is InChI=1S/C15H21NO5S/c1-11(21-13-6-4-12(20-3)5-7-13)14(17)16-15(2)8-9-22(18,19)10-15/h4-7,11H,8-10H2,1-3H3,(H,16,17)/t11-,15-/m0/s1. The third kappa shape index (κ3) is 4.13. The quantitative estimate of drug-likeness (QED) is 0.877. The summed E-state index contributed by atoms with van der Waals surface area (Å²) < 4.78 is 33.7. The molecule has 2 atom stereocenters. The van der Waals surface area contributed by atoms with E-state index in [-0.39, 0.29) is 17.4 Å². The van der Waals surface area contributed by atoms with Crippen LogP contribution in [0.2, 0.25) is 0 Å². The Morgan fingerprint density at radius 2 is 1.86 bits per heavy atom. The Bertz CT molecular complexity index is 640. The molecule has 1 fully saturated rings. The normalized spacial score (nSPS) is 24.5. The molecule has 2 rings (SSSR count). The molecule has 0 saturated carbocycles. The van der Waals surface area contributed by atoms with Crippen molar-refractivity contribution >= 4 is 15.7 Å². The number of benzene rings is 1. The Hall–Kier alpha value is -1.76. The lowest BCUT2D eigenvalue weighted by Gasteiger charge is -2.26. The molecule has 1 aromatic rings. The maximum atomic E-state index is 12.2. The molecule has 0 bridgehead atoms. The summed E-state index contributed by atoms with van der Waals surface area (Å²) in [6.45, 7) is 3.38. The van der Waals surface area contributed by atoms with Gasteiger partial charge in [-0.15, -0.1) is 0 Å². The van der Waals surface area contributed by atoms with E-state index in [0.717, 1.165) is 0 Å². The molecular weight excluding hydrogens is 306 g/mol. The predicted octanol–water partition coefficient (Wildman–Crippen LogP) is 1.16. The SMILES string of the molecule is COc1ccc(O[C@@H](C)C(=O)N[C@@]2(C)CCS(=O)(=O)C2)cc1. The fraction of sp³-hybridized carbons (Fsp3) is 0.533. The molecule has 1 aliphatic rings. The van der Waals surface area contributed by atoms with Gasteiger partial charge in [0.25, 0.3) is 5.91 Å². The molecule has 0 radical (unpaired) electrons. The van der Waals surface area contributed by atoms with Gasteiger partial charge in [-0.3, -0.25) is 4.79 Å². The van der Waals surface area contributed by atoms with Gasteiger partial charge in [0.15, 0.2) is 15.9 Å². The highest BCUT2D eigenvalue weighted by atomic mass is 32.2. The summed E-state index contributed by atoms with van der Waals surface area (Å²) in [4.78, 5) is 12.2. The van der Waals surface area contributed by atoms with Crippen LogP contribution in [0, 0.1) is 0 Å². The third-order valence-electron chi connectivity index (χ3n) is 3.67. The maximum Gasteiger partial charge on any atom is 0.261 e. The molecule has 6 nitrogen and oxygen atoms in total. The number of carbonyl (C=O) groups excluding carboxylic acids is 1. The van der Waals surface area contributed by atoms with E-state index in [0.29, 0.717) is 17.9 Å². The minimum atomic E-state index is -3.06. The number of ether oxygens (including phenoxy) is 2. The van der Waals surface area contributed by atoms with Crippen molar-refractivity contribution < 1.29 is 22.7 Å². The molecule has 1 heterocycles. The number of hydrogen-bond donors (Lipinski definition) is 1. The Labute approximate surface area is 130 Å². The van der Waals surface area contributed by atoms with Gasteiger partial charge in [-0.25, -0.2) is 8.42 Å². The molecule has 1 aliphatic heterocycles. The molecule has 0 unspecified atom stereocenters. The number of amides is 1. The van der Waals surface area contributed by atoms with Crippen LogP contribution < -0.4 is 14.8 Å². The van der Waals surface area contributed by atoms with Gasteiger partial charge >= 0.3 is 0 Å². The first-order valence-electron chi connectivity index (χ1n) is 7.06. The maximum absolute atomic E-state index is 12.2. The highest BCUT2D eigenvalue weighted by Crippen LogP contribution is 2.23. The highest BCUT2D eigenvalue weighted by Gasteiger charge is 2.40. The summed E-state index contributed by atoms with van der Waals surface area (Å²) >= 11 is 0. The van der Waals surface area contributed by atoms with Crippen molar-refractivity contribution in [3.63, 3.8) is 0 Å². The van der Waals surface area contributed by atoms with E-state index in [1.807, 2.05) is 0 Å². The number of methoxy groups -OCH3 is 1. The molecule has 0 aliphatic carbocycles. The van der Waals surface area contributed by atoms with Crippen molar-refractivity contribution in [3.05, 3.63) is 24.3 Å². The van der Waals surface area contributed by atoms with Crippen LogP contribution in [0.4, 0.5) is 0 Å². The largest absolute Gasteiger partial charge is 0.497 e.